The monoisotopic (exact) mass is 373 g/mol. The molecule has 4 rings (SSSR count). The van der Waals surface area contributed by atoms with Gasteiger partial charge in [-0.25, -0.2) is 4.39 Å². The van der Waals surface area contributed by atoms with E-state index >= 15 is 0 Å². The van der Waals surface area contributed by atoms with E-state index in [0.29, 0.717) is 50.0 Å². The van der Waals surface area contributed by atoms with Crippen molar-refractivity contribution in [1.29, 1.82) is 0 Å². The van der Waals surface area contributed by atoms with Gasteiger partial charge in [0.2, 0.25) is 17.6 Å². The fourth-order valence-corrected chi connectivity index (χ4v) is 4.25. The molecule has 2 aliphatic heterocycles. The predicted octanol–water partition coefficient (Wildman–Crippen LogP) is 3.40. The minimum Gasteiger partial charge on any atom is -0.381 e. The lowest BCUT2D eigenvalue weighted by Crippen LogP contribution is -2.37. The number of aromatic nitrogens is 2. The third-order valence-corrected chi connectivity index (χ3v) is 5.80. The molecule has 144 valence electrons. The van der Waals surface area contributed by atoms with E-state index in [1.807, 2.05) is 11.8 Å². The van der Waals surface area contributed by atoms with Crippen molar-refractivity contribution in [3.05, 3.63) is 36.0 Å². The number of halogens is 1. The number of ether oxygens (including phenoxy) is 1. The van der Waals surface area contributed by atoms with Crippen LogP contribution in [0.15, 0.2) is 28.8 Å². The van der Waals surface area contributed by atoms with Gasteiger partial charge in [0.25, 0.3) is 0 Å². The van der Waals surface area contributed by atoms with E-state index in [9.17, 15) is 9.18 Å². The number of hydrogen-bond donors (Lipinski definition) is 0. The maximum Gasteiger partial charge on any atom is 0.232 e. The van der Waals surface area contributed by atoms with Gasteiger partial charge in [-0.2, -0.15) is 4.98 Å². The van der Waals surface area contributed by atoms with Crippen LogP contribution in [-0.4, -0.2) is 47.3 Å². The molecule has 2 fully saturated rings. The van der Waals surface area contributed by atoms with Crippen LogP contribution in [0.1, 0.15) is 44.4 Å². The summed E-state index contributed by atoms with van der Waals surface area (Å²) < 4.78 is 24.3. The maximum atomic E-state index is 13.2. The van der Waals surface area contributed by atoms with Crippen molar-refractivity contribution in [2.75, 3.05) is 26.3 Å². The molecular formula is C20H24FN3O3. The first-order chi connectivity index (χ1) is 13.1. The van der Waals surface area contributed by atoms with E-state index < -0.39 is 0 Å². The Hall–Kier alpha value is -2.28. The Kier molecular flexibility index (Phi) is 4.95. The molecule has 1 aromatic carbocycles. The van der Waals surface area contributed by atoms with E-state index in [2.05, 4.69) is 10.1 Å². The smallest absolute Gasteiger partial charge is 0.232 e. The molecule has 1 atom stereocenters. The second-order valence-electron chi connectivity index (χ2n) is 7.51. The molecule has 3 heterocycles. The van der Waals surface area contributed by atoms with Crippen LogP contribution in [0, 0.1) is 11.2 Å². The molecule has 2 aromatic rings. The van der Waals surface area contributed by atoms with E-state index in [1.165, 1.54) is 12.1 Å². The van der Waals surface area contributed by atoms with Crippen LogP contribution in [0.5, 0.6) is 0 Å². The highest BCUT2D eigenvalue weighted by atomic mass is 19.1. The summed E-state index contributed by atoms with van der Waals surface area (Å²) in [5.74, 6) is 0.895. The molecule has 6 nitrogen and oxygen atoms in total. The van der Waals surface area contributed by atoms with Crippen LogP contribution in [-0.2, 0) is 9.53 Å². The molecule has 0 saturated carbocycles. The van der Waals surface area contributed by atoms with Crippen molar-refractivity contribution in [2.24, 2.45) is 5.41 Å². The number of hydrogen-bond acceptors (Lipinski definition) is 5. The van der Waals surface area contributed by atoms with Crippen LogP contribution in [0.2, 0.25) is 0 Å². The lowest BCUT2D eigenvalue weighted by Gasteiger charge is -2.36. The maximum absolute atomic E-state index is 13.2. The van der Waals surface area contributed by atoms with E-state index in [4.69, 9.17) is 9.26 Å². The van der Waals surface area contributed by atoms with Crippen molar-refractivity contribution in [3.63, 3.8) is 0 Å². The largest absolute Gasteiger partial charge is 0.381 e. The van der Waals surface area contributed by atoms with E-state index in [-0.39, 0.29) is 23.1 Å². The Morgan fingerprint density at radius 1 is 1.30 bits per heavy atom. The lowest BCUT2D eigenvalue weighted by molar-refractivity contribution is -0.130. The van der Waals surface area contributed by atoms with Gasteiger partial charge in [-0.15, -0.1) is 0 Å². The first kappa shape index (κ1) is 18.1. The molecule has 0 N–H and O–H groups in total. The van der Waals surface area contributed by atoms with Crippen molar-refractivity contribution < 1.29 is 18.4 Å². The summed E-state index contributed by atoms with van der Waals surface area (Å²) in [6.07, 6.45) is 3.15. The zero-order valence-electron chi connectivity index (χ0n) is 15.5. The summed E-state index contributed by atoms with van der Waals surface area (Å²) in [6.45, 7) is 4.71. The summed E-state index contributed by atoms with van der Waals surface area (Å²) in [6, 6.07) is 6.04. The van der Waals surface area contributed by atoms with E-state index in [1.54, 1.807) is 12.1 Å². The van der Waals surface area contributed by atoms with Crippen LogP contribution in [0.4, 0.5) is 4.39 Å². The van der Waals surface area contributed by atoms with Crippen molar-refractivity contribution in [3.8, 4) is 11.4 Å². The second-order valence-corrected chi connectivity index (χ2v) is 7.51. The van der Waals surface area contributed by atoms with Crippen LogP contribution >= 0.6 is 0 Å². The number of benzene rings is 1. The van der Waals surface area contributed by atoms with Gasteiger partial charge in [-0.1, -0.05) is 12.1 Å². The Balaban J connectivity index is 1.62. The summed E-state index contributed by atoms with van der Waals surface area (Å²) in [5.41, 5.74) is 0.637. The number of carbonyl (C=O) groups excluding carboxylic acids is 1. The molecule has 0 radical (unpaired) electrons. The average Bonchev–Trinajstić information content (AvgIpc) is 3.29. The zero-order valence-corrected chi connectivity index (χ0v) is 15.5. The second kappa shape index (κ2) is 7.38. The van der Waals surface area contributed by atoms with Crippen molar-refractivity contribution in [1.82, 2.24) is 15.0 Å². The fourth-order valence-electron chi connectivity index (χ4n) is 4.25. The number of amides is 1. The fraction of sp³-hybridized carbons (Fsp3) is 0.550. The normalized spacial score (nSPS) is 21.7. The van der Waals surface area contributed by atoms with Gasteiger partial charge in [-0.05, 0) is 43.5 Å². The number of likely N-dealkylation sites (tertiary alicyclic amines) is 1. The minimum absolute atomic E-state index is 0.00362. The topological polar surface area (TPSA) is 68.5 Å². The Morgan fingerprint density at radius 2 is 2.04 bits per heavy atom. The average molecular weight is 373 g/mol. The molecule has 27 heavy (non-hydrogen) atoms. The standard InChI is InChI=1S/C20H24FN3O3/c1-2-3-17(25)24-12-16(20(13-24)8-10-26-11-9-20)19-22-18(23-27-19)14-4-6-15(21)7-5-14/h4-7,16H,2-3,8-13H2,1H3/t16-/m1/s1. The number of rotatable bonds is 4. The number of carbonyl (C=O) groups is 1. The van der Waals surface area contributed by atoms with Crippen LogP contribution in [0.25, 0.3) is 11.4 Å². The third-order valence-electron chi connectivity index (χ3n) is 5.80. The summed E-state index contributed by atoms with van der Waals surface area (Å²) in [7, 11) is 0. The first-order valence-corrected chi connectivity index (χ1v) is 9.56. The Bertz CT molecular complexity index is 799. The predicted molar refractivity (Wildman–Crippen MR) is 96.4 cm³/mol. The van der Waals surface area contributed by atoms with Gasteiger partial charge in [0.05, 0.1) is 5.92 Å². The van der Waals surface area contributed by atoms with Gasteiger partial charge >= 0.3 is 0 Å². The molecular weight excluding hydrogens is 349 g/mol. The molecule has 0 unspecified atom stereocenters. The summed E-state index contributed by atoms with van der Waals surface area (Å²) in [5, 5.41) is 4.10. The van der Waals surface area contributed by atoms with Crippen LogP contribution < -0.4 is 0 Å². The van der Waals surface area contributed by atoms with Gasteiger partial charge in [-0.3, -0.25) is 4.79 Å². The minimum atomic E-state index is -0.301. The highest BCUT2D eigenvalue weighted by molar-refractivity contribution is 5.76. The van der Waals surface area contributed by atoms with Gasteiger partial charge < -0.3 is 14.2 Å². The third kappa shape index (κ3) is 3.48. The van der Waals surface area contributed by atoms with Gasteiger partial charge in [0.15, 0.2) is 0 Å². The summed E-state index contributed by atoms with van der Waals surface area (Å²) >= 11 is 0. The quantitative estimate of drug-likeness (QED) is 0.822. The van der Waals surface area contributed by atoms with Crippen molar-refractivity contribution in [2.45, 2.75) is 38.5 Å². The molecule has 0 aliphatic carbocycles. The number of nitrogens with zero attached hydrogens (tertiary/aromatic N) is 3. The molecule has 1 spiro atoms. The van der Waals surface area contributed by atoms with Crippen molar-refractivity contribution >= 4 is 5.91 Å². The van der Waals surface area contributed by atoms with Gasteiger partial charge in [0.1, 0.15) is 5.82 Å². The molecule has 0 bridgehead atoms. The molecule has 2 aliphatic rings. The molecule has 1 amide bonds. The van der Waals surface area contributed by atoms with Crippen LogP contribution in [0.3, 0.4) is 0 Å². The Morgan fingerprint density at radius 3 is 2.74 bits per heavy atom. The molecule has 7 heteroatoms. The summed E-state index contributed by atoms with van der Waals surface area (Å²) in [4.78, 5) is 19.0. The SMILES string of the molecule is CCCC(=O)N1C[C@H](c2nc(-c3ccc(F)cc3)no2)C2(CCOCC2)C1. The highest BCUT2D eigenvalue weighted by Crippen LogP contribution is 2.49. The molecule has 1 aromatic heterocycles. The Labute approximate surface area is 157 Å². The highest BCUT2D eigenvalue weighted by Gasteiger charge is 2.51. The van der Waals surface area contributed by atoms with E-state index in [0.717, 1.165) is 19.3 Å². The zero-order chi connectivity index (χ0) is 18.9. The first-order valence-electron chi connectivity index (χ1n) is 9.56. The lowest BCUT2D eigenvalue weighted by atomic mass is 9.72. The molecule has 2 saturated heterocycles. The van der Waals surface area contributed by atoms with Gasteiger partial charge in [0, 0.05) is 43.7 Å².